The van der Waals surface area contributed by atoms with Crippen molar-refractivity contribution in [3.05, 3.63) is 48.0 Å². The van der Waals surface area contributed by atoms with E-state index in [-0.39, 0.29) is 0 Å². The Morgan fingerprint density at radius 3 is 2.53 bits per heavy atom. The van der Waals surface area contributed by atoms with Gasteiger partial charge in [-0.25, -0.2) is 0 Å². The second-order valence-corrected chi connectivity index (χ2v) is 4.64. The lowest BCUT2D eigenvalue weighted by atomic mass is 10.0. The third-order valence-electron chi connectivity index (χ3n) is 3.11. The molecule has 0 bridgehead atoms. The van der Waals surface area contributed by atoms with E-state index < -0.39 is 0 Å². The van der Waals surface area contributed by atoms with Crippen molar-refractivity contribution < 1.29 is 0 Å². The zero-order valence-corrected chi connectivity index (χ0v) is 11.2. The predicted octanol–water partition coefficient (Wildman–Crippen LogP) is 3.87. The zero-order valence-electron chi connectivity index (χ0n) is 11.2. The van der Waals surface area contributed by atoms with Gasteiger partial charge < -0.3 is 5.32 Å². The van der Waals surface area contributed by atoms with E-state index in [1.165, 1.54) is 24.0 Å². The number of hydrogen-bond donors (Lipinski definition) is 1. The van der Waals surface area contributed by atoms with Gasteiger partial charge in [0.1, 0.15) is 0 Å². The van der Waals surface area contributed by atoms with Gasteiger partial charge in [0, 0.05) is 6.04 Å². The van der Waals surface area contributed by atoms with E-state index in [2.05, 4.69) is 50.0 Å². The molecule has 1 aromatic rings. The molecule has 1 aromatic carbocycles. The van der Waals surface area contributed by atoms with Crippen LogP contribution in [0.5, 0.6) is 0 Å². The smallest absolute Gasteiger partial charge is 0.00730 e. The number of nitrogens with one attached hydrogen (secondary N) is 1. The van der Waals surface area contributed by atoms with Crippen LogP contribution >= 0.6 is 0 Å². The average molecular weight is 231 g/mol. The fraction of sp³-hybridized carbons (Fsp3) is 0.500. The second kappa shape index (κ2) is 8.08. The van der Waals surface area contributed by atoms with E-state index in [1.54, 1.807) is 0 Å². The van der Waals surface area contributed by atoms with Gasteiger partial charge in [-0.1, -0.05) is 42.8 Å². The molecule has 0 saturated heterocycles. The molecule has 1 atom stereocenters. The molecule has 0 aliphatic carbocycles. The van der Waals surface area contributed by atoms with Gasteiger partial charge in [-0.3, -0.25) is 0 Å². The molecule has 0 fully saturated rings. The summed E-state index contributed by atoms with van der Waals surface area (Å²) >= 11 is 0. The average Bonchev–Trinajstić information content (AvgIpc) is 2.35. The summed E-state index contributed by atoms with van der Waals surface area (Å²) in [5.41, 5.74) is 2.78. The minimum absolute atomic E-state index is 0.624. The monoisotopic (exact) mass is 231 g/mol. The van der Waals surface area contributed by atoms with E-state index in [0.29, 0.717) is 6.04 Å². The molecule has 0 aliphatic heterocycles. The first-order chi connectivity index (χ1) is 8.26. The summed E-state index contributed by atoms with van der Waals surface area (Å²) < 4.78 is 0. The van der Waals surface area contributed by atoms with Crippen molar-refractivity contribution in [3.8, 4) is 0 Å². The Bertz CT molecular complexity index is 313. The van der Waals surface area contributed by atoms with Gasteiger partial charge in [0.2, 0.25) is 0 Å². The third kappa shape index (κ3) is 5.69. The van der Waals surface area contributed by atoms with Gasteiger partial charge >= 0.3 is 0 Å². The number of hydrogen-bond acceptors (Lipinski definition) is 1. The molecule has 1 heteroatoms. The van der Waals surface area contributed by atoms with Crippen molar-refractivity contribution in [1.82, 2.24) is 5.32 Å². The lowest BCUT2D eigenvalue weighted by molar-refractivity contribution is 0.467. The minimum atomic E-state index is 0.624. The normalized spacial score (nSPS) is 12.4. The zero-order chi connectivity index (χ0) is 12.5. The highest BCUT2D eigenvalue weighted by atomic mass is 14.9. The fourth-order valence-electron chi connectivity index (χ4n) is 2.05. The van der Waals surface area contributed by atoms with Crippen LogP contribution in [0.4, 0.5) is 0 Å². The first-order valence-corrected chi connectivity index (χ1v) is 6.66. The summed E-state index contributed by atoms with van der Waals surface area (Å²) in [6.45, 7) is 9.15. The number of rotatable bonds is 8. The minimum Gasteiger partial charge on any atom is -0.314 e. The predicted molar refractivity (Wildman–Crippen MR) is 76.4 cm³/mol. The molecule has 0 radical (unpaired) electrons. The maximum Gasteiger partial charge on any atom is 0.00730 e. The summed E-state index contributed by atoms with van der Waals surface area (Å²) in [6, 6.07) is 9.50. The van der Waals surface area contributed by atoms with Crippen LogP contribution in [-0.2, 0) is 6.42 Å². The van der Waals surface area contributed by atoms with Crippen molar-refractivity contribution in [2.24, 2.45) is 0 Å². The Hall–Kier alpha value is -1.08. The SMILES string of the molecule is C=CCCC(CCc1ccc(C)cc1)NCC. The van der Waals surface area contributed by atoms with Crippen molar-refractivity contribution >= 4 is 0 Å². The molecule has 1 rings (SSSR count). The van der Waals surface area contributed by atoms with E-state index in [1.807, 2.05) is 6.08 Å². The summed E-state index contributed by atoms with van der Waals surface area (Å²) in [4.78, 5) is 0. The quantitative estimate of drug-likeness (QED) is 0.670. The molecular weight excluding hydrogens is 206 g/mol. The molecule has 0 heterocycles. The first kappa shape index (κ1) is 14.0. The van der Waals surface area contributed by atoms with Crippen LogP contribution in [-0.4, -0.2) is 12.6 Å². The third-order valence-corrected chi connectivity index (χ3v) is 3.11. The van der Waals surface area contributed by atoms with Crippen LogP contribution < -0.4 is 5.32 Å². The highest BCUT2D eigenvalue weighted by molar-refractivity contribution is 5.21. The van der Waals surface area contributed by atoms with Gasteiger partial charge in [-0.05, 0) is 44.7 Å². The van der Waals surface area contributed by atoms with Crippen molar-refractivity contribution in [1.29, 1.82) is 0 Å². The maximum atomic E-state index is 3.79. The molecule has 1 nitrogen and oxygen atoms in total. The lowest BCUT2D eigenvalue weighted by Crippen LogP contribution is -2.29. The Balaban J connectivity index is 2.39. The molecule has 94 valence electrons. The summed E-state index contributed by atoms with van der Waals surface area (Å²) in [6.07, 6.45) is 6.69. The molecule has 1 unspecified atom stereocenters. The molecule has 0 amide bonds. The van der Waals surface area contributed by atoms with Gasteiger partial charge in [0.25, 0.3) is 0 Å². The van der Waals surface area contributed by atoms with Crippen LogP contribution in [0.2, 0.25) is 0 Å². The highest BCUT2D eigenvalue weighted by Gasteiger charge is 2.06. The van der Waals surface area contributed by atoms with Crippen LogP contribution in [0.1, 0.15) is 37.3 Å². The summed E-state index contributed by atoms with van der Waals surface area (Å²) in [5.74, 6) is 0. The maximum absolute atomic E-state index is 3.79. The largest absolute Gasteiger partial charge is 0.314 e. The van der Waals surface area contributed by atoms with Crippen LogP contribution in [0.25, 0.3) is 0 Å². The summed E-state index contributed by atoms with van der Waals surface area (Å²) in [7, 11) is 0. The highest BCUT2D eigenvalue weighted by Crippen LogP contribution is 2.10. The second-order valence-electron chi connectivity index (χ2n) is 4.64. The van der Waals surface area contributed by atoms with Gasteiger partial charge in [-0.15, -0.1) is 6.58 Å². The Kier molecular flexibility index (Phi) is 6.64. The first-order valence-electron chi connectivity index (χ1n) is 6.66. The molecule has 1 N–H and O–H groups in total. The summed E-state index contributed by atoms with van der Waals surface area (Å²) in [5, 5.41) is 3.55. The van der Waals surface area contributed by atoms with E-state index >= 15 is 0 Å². The topological polar surface area (TPSA) is 12.0 Å². The Morgan fingerprint density at radius 2 is 1.94 bits per heavy atom. The van der Waals surface area contributed by atoms with Crippen molar-refractivity contribution in [3.63, 3.8) is 0 Å². The molecule has 0 spiro atoms. The Morgan fingerprint density at radius 1 is 1.24 bits per heavy atom. The van der Waals surface area contributed by atoms with Gasteiger partial charge in [-0.2, -0.15) is 0 Å². The number of benzene rings is 1. The molecule has 0 aromatic heterocycles. The van der Waals surface area contributed by atoms with E-state index in [4.69, 9.17) is 0 Å². The van der Waals surface area contributed by atoms with Crippen molar-refractivity contribution in [2.45, 2.75) is 45.6 Å². The molecular formula is C16H25N. The molecule has 17 heavy (non-hydrogen) atoms. The van der Waals surface area contributed by atoms with Gasteiger partial charge in [0.15, 0.2) is 0 Å². The van der Waals surface area contributed by atoms with Gasteiger partial charge in [0.05, 0.1) is 0 Å². The lowest BCUT2D eigenvalue weighted by Gasteiger charge is -2.17. The van der Waals surface area contributed by atoms with Crippen LogP contribution in [0.15, 0.2) is 36.9 Å². The molecule has 0 aliphatic rings. The van der Waals surface area contributed by atoms with Crippen LogP contribution in [0, 0.1) is 6.92 Å². The molecule has 0 saturated carbocycles. The van der Waals surface area contributed by atoms with E-state index in [9.17, 15) is 0 Å². The standard InChI is InChI=1S/C16H25N/c1-4-6-7-16(17-5-2)13-12-15-10-8-14(3)9-11-15/h4,8-11,16-17H,1,5-7,12-13H2,2-3H3. The fourth-order valence-corrected chi connectivity index (χ4v) is 2.05. The number of allylic oxidation sites excluding steroid dienone is 1. The Labute approximate surface area is 106 Å². The van der Waals surface area contributed by atoms with Crippen LogP contribution in [0.3, 0.4) is 0 Å². The van der Waals surface area contributed by atoms with Crippen molar-refractivity contribution in [2.75, 3.05) is 6.54 Å². The number of aryl methyl sites for hydroxylation is 2. The van der Waals surface area contributed by atoms with E-state index in [0.717, 1.165) is 19.4 Å².